The summed E-state index contributed by atoms with van der Waals surface area (Å²) in [5, 5.41) is 0. The van der Waals surface area contributed by atoms with E-state index in [-0.39, 0.29) is 25.6 Å². The number of hydrogen-bond donors (Lipinski definition) is 1. The third-order valence-electron chi connectivity index (χ3n) is 9.14. The van der Waals surface area contributed by atoms with Crippen LogP contribution in [0, 0.1) is 0 Å². The standard InChI is InChI=1S/C40H80NO8P/c1-6-8-10-12-14-16-18-19-20-21-23-25-27-29-31-33-40(43)49-38(37-48-50(44,45)47-35-34-41(3,4)5)36-46-39(42)32-30-28-26-24-22-17-15-13-11-9-7-2/h38H,6-37H2,1-5H3/p+1. The van der Waals surface area contributed by atoms with Gasteiger partial charge in [0.2, 0.25) is 0 Å². The van der Waals surface area contributed by atoms with Gasteiger partial charge in [-0.25, -0.2) is 4.57 Å². The first-order valence-corrected chi connectivity index (χ1v) is 22.3. The van der Waals surface area contributed by atoms with Crippen molar-refractivity contribution in [2.24, 2.45) is 0 Å². The highest BCUT2D eigenvalue weighted by Gasteiger charge is 2.27. The first-order chi connectivity index (χ1) is 24.0. The molecule has 0 saturated heterocycles. The summed E-state index contributed by atoms with van der Waals surface area (Å²) in [5.41, 5.74) is 0. The summed E-state index contributed by atoms with van der Waals surface area (Å²) in [6, 6.07) is 0. The van der Waals surface area contributed by atoms with Gasteiger partial charge in [-0.3, -0.25) is 18.6 Å². The molecule has 0 rings (SSSR count). The van der Waals surface area contributed by atoms with Gasteiger partial charge in [0, 0.05) is 12.8 Å². The fraction of sp³-hybridized carbons (Fsp3) is 0.950. The van der Waals surface area contributed by atoms with Crippen LogP contribution in [0.2, 0.25) is 0 Å². The zero-order valence-corrected chi connectivity index (χ0v) is 34.3. The second-order valence-electron chi connectivity index (χ2n) is 15.4. The van der Waals surface area contributed by atoms with Gasteiger partial charge in [0.1, 0.15) is 19.8 Å². The van der Waals surface area contributed by atoms with E-state index in [0.29, 0.717) is 17.4 Å². The summed E-state index contributed by atoms with van der Waals surface area (Å²) in [6.07, 6.45) is 31.4. The van der Waals surface area contributed by atoms with Crippen molar-refractivity contribution in [2.45, 2.75) is 200 Å². The third kappa shape index (κ3) is 36.8. The Balaban J connectivity index is 4.35. The molecule has 0 aromatic heterocycles. The van der Waals surface area contributed by atoms with E-state index < -0.39 is 26.5 Å². The average Bonchev–Trinajstić information content (AvgIpc) is 3.06. The number of hydrogen-bond acceptors (Lipinski definition) is 7. The lowest BCUT2D eigenvalue weighted by atomic mass is 10.0. The highest BCUT2D eigenvalue weighted by Crippen LogP contribution is 2.43. The molecular formula is C40H81NO8P+. The summed E-state index contributed by atoms with van der Waals surface area (Å²) >= 11 is 0. The minimum atomic E-state index is -4.36. The van der Waals surface area contributed by atoms with Crippen molar-refractivity contribution < 1.29 is 42.1 Å². The molecular weight excluding hydrogens is 653 g/mol. The predicted molar refractivity (Wildman–Crippen MR) is 206 cm³/mol. The Kier molecular flexibility index (Phi) is 33.2. The number of phosphoric ester groups is 1. The lowest BCUT2D eigenvalue weighted by Gasteiger charge is -2.24. The molecule has 0 aromatic carbocycles. The van der Waals surface area contributed by atoms with Crippen LogP contribution >= 0.6 is 7.82 Å². The lowest BCUT2D eigenvalue weighted by Crippen LogP contribution is -2.37. The zero-order valence-electron chi connectivity index (χ0n) is 33.4. The molecule has 9 nitrogen and oxygen atoms in total. The van der Waals surface area contributed by atoms with Crippen molar-refractivity contribution in [1.82, 2.24) is 0 Å². The van der Waals surface area contributed by atoms with Gasteiger partial charge >= 0.3 is 19.8 Å². The molecule has 0 aliphatic rings. The van der Waals surface area contributed by atoms with Crippen LogP contribution in [-0.4, -0.2) is 74.9 Å². The molecule has 2 unspecified atom stereocenters. The van der Waals surface area contributed by atoms with Gasteiger partial charge < -0.3 is 18.9 Å². The third-order valence-corrected chi connectivity index (χ3v) is 10.1. The molecule has 0 heterocycles. The quantitative estimate of drug-likeness (QED) is 0.0289. The van der Waals surface area contributed by atoms with E-state index in [4.69, 9.17) is 18.5 Å². The zero-order chi connectivity index (χ0) is 37.2. The summed E-state index contributed by atoms with van der Waals surface area (Å²) in [5.74, 6) is -0.788. The molecule has 2 atom stereocenters. The molecule has 0 amide bonds. The summed E-state index contributed by atoms with van der Waals surface area (Å²) in [7, 11) is 1.49. The first-order valence-electron chi connectivity index (χ1n) is 20.8. The topological polar surface area (TPSA) is 108 Å². The largest absolute Gasteiger partial charge is 0.472 e. The highest BCUT2D eigenvalue weighted by molar-refractivity contribution is 7.47. The van der Waals surface area contributed by atoms with Crippen molar-refractivity contribution in [1.29, 1.82) is 0 Å². The van der Waals surface area contributed by atoms with Gasteiger partial charge in [-0.1, -0.05) is 168 Å². The number of quaternary nitrogens is 1. The van der Waals surface area contributed by atoms with Crippen molar-refractivity contribution >= 4 is 19.8 Å². The number of carbonyl (C=O) groups excluding carboxylic acids is 2. The molecule has 10 heteroatoms. The van der Waals surface area contributed by atoms with Crippen LogP contribution in [-0.2, 0) is 32.7 Å². The van der Waals surface area contributed by atoms with Gasteiger partial charge in [-0.15, -0.1) is 0 Å². The summed E-state index contributed by atoms with van der Waals surface area (Å²) in [4.78, 5) is 35.2. The van der Waals surface area contributed by atoms with Crippen LogP contribution in [0.4, 0.5) is 0 Å². The van der Waals surface area contributed by atoms with Crippen molar-refractivity contribution in [3.05, 3.63) is 0 Å². The van der Waals surface area contributed by atoms with Crippen LogP contribution in [0.15, 0.2) is 0 Å². The normalized spacial score (nSPS) is 13.6. The molecule has 0 aliphatic heterocycles. The number of nitrogens with zero attached hydrogens (tertiary/aromatic N) is 1. The number of ether oxygens (including phenoxy) is 2. The highest BCUT2D eigenvalue weighted by atomic mass is 31.2. The fourth-order valence-corrected chi connectivity index (χ4v) is 6.58. The Morgan fingerprint density at radius 2 is 0.900 bits per heavy atom. The molecule has 0 fully saturated rings. The van der Waals surface area contributed by atoms with E-state index in [1.54, 1.807) is 0 Å². The van der Waals surface area contributed by atoms with Crippen molar-refractivity contribution in [3.63, 3.8) is 0 Å². The van der Waals surface area contributed by atoms with E-state index in [1.807, 2.05) is 21.1 Å². The summed E-state index contributed by atoms with van der Waals surface area (Å²) < 4.78 is 34.2. The van der Waals surface area contributed by atoms with E-state index in [1.165, 1.54) is 128 Å². The minimum absolute atomic E-state index is 0.0366. The molecule has 0 bridgehead atoms. The van der Waals surface area contributed by atoms with Crippen LogP contribution in [0.1, 0.15) is 194 Å². The molecule has 50 heavy (non-hydrogen) atoms. The number of carbonyl (C=O) groups is 2. The van der Waals surface area contributed by atoms with E-state index >= 15 is 0 Å². The number of rotatable bonds is 38. The summed E-state index contributed by atoms with van der Waals surface area (Å²) in [6.45, 7) is 4.43. The average molecular weight is 735 g/mol. The molecule has 0 saturated carbocycles. The fourth-order valence-electron chi connectivity index (χ4n) is 5.84. The smallest absolute Gasteiger partial charge is 0.462 e. The first kappa shape index (κ1) is 49.0. The van der Waals surface area contributed by atoms with E-state index in [9.17, 15) is 19.0 Å². The van der Waals surface area contributed by atoms with Crippen molar-refractivity contribution in [2.75, 3.05) is 47.5 Å². The Morgan fingerprint density at radius 3 is 1.28 bits per heavy atom. The molecule has 0 aromatic rings. The minimum Gasteiger partial charge on any atom is -0.462 e. The molecule has 0 radical (unpaired) electrons. The second-order valence-corrected chi connectivity index (χ2v) is 16.8. The predicted octanol–water partition coefficient (Wildman–Crippen LogP) is 11.2. The monoisotopic (exact) mass is 735 g/mol. The Labute approximate surface area is 308 Å². The van der Waals surface area contributed by atoms with Crippen LogP contribution in [0.3, 0.4) is 0 Å². The van der Waals surface area contributed by atoms with E-state index in [2.05, 4.69) is 13.8 Å². The van der Waals surface area contributed by atoms with Gasteiger partial charge in [-0.05, 0) is 12.8 Å². The van der Waals surface area contributed by atoms with E-state index in [0.717, 1.165) is 38.5 Å². The number of unbranched alkanes of at least 4 members (excludes halogenated alkanes) is 24. The molecule has 0 spiro atoms. The maximum atomic E-state index is 12.6. The SMILES string of the molecule is CCCCCCCCCCCCCCCCCC(=O)OC(COC(=O)CCCCCCCCCCCCC)COP(=O)(O)OCC[N+](C)(C)C. The molecule has 0 aliphatic carbocycles. The van der Waals surface area contributed by atoms with Gasteiger partial charge in [0.25, 0.3) is 0 Å². The number of likely N-dealkylation sites (N-methyl/N-ethyl adjacent to an activating group) is 1. The van der Waals surface area contributed by atoms with Crippen LogP contribution in [0.25, 0.3) is 0 Å². The number of esters is 2. The maximum Gasteiger partial charge on any atom is 0.472 e. The number of phosphoric acid groups is 1. The van der Waals surface area contributed by atoms with Gasteiger partial charge in [0.05, 0.1) is 27.7 Å². The lowest BCUT2D eigenvalue weighted by molar-refractivity contribution is -0.870. The van der Waals surface area contributed by atoms with Crippen LogP contribution in [0.5, 0.6) is 0 Å². The Morgan fingerprint density at radius 1 is 0.540 bits per heavy atom. The van der Waals surface area contributed by atoms with Gasteiger partial charge in [0.15, 0.2) is 6.10 Å². The Bertz CT molecular complexity index is 835. The van der Waals surface area contributed by atoms with Gasteiger partial charge in [-0.2, -0.15) is 0 Å². The van der Waals surface area contributed by atoms with Crippen LogP contribution < -0.4 is 0 Å². The molecule has 1 N–H and O–H groups in total. The molecule has 298 valence electrons. The maximum absolute atomic E-state index is 12.6. The second kappa shape index (κ2) is 33.8. The Hall–Kier alpha value is -0.990. The van der Waals surface area contributed by atoms with Crippen molar-refractivity contribution in [3.8, 4) is 0 Å².